The van der Waals surface area contributed by atoms with Gasteiger partial charge in [-0.15, -0.1) is 0 Å². The number of ether oxygens (including phenoxy) is 1. The van der Waals surface area contributed by atoms with Gasteiger partial charge in [-0.05, 0) is 23.2 Å². The fourth-order valence-electron chi connectivity index (χ4n) is 1.53. The van der Waals surface area contributed by atoms with Crippen LogP contribution in [0.15, 0.2) is 54.9 Å². The molecular formula is C15H15NOS. The van der Waals surface area contributed by atoms with Crippen LogP contribution < -0.4 is 0 Å². The summed E-state index contributed by atoms with van der Waals surface area (Å²) in [7, 11) is 0. The highest BCUT2D eigenvalue weighted by Crippen LogP contribution is 2.18. The van der Waals surface area contributed by atoms with Crippen LogP contribution in [0.5, 0.6) is 0 Å². The summed E-state index contributed by atoms with van der Waals surface area (Å²) < 4.78 is 9.85. The predicted octanol–water partition coefficient (Wildman–Crippen LogP) is 4.23. The molecule has 0 aliphatic rings. The van der Waals surface area contributed by atoms with Gasteiger partial charge < -0.3 is 4.74 Å². The van der Waals surface area contributed by atoms with Crippen LogP contribution in [-0.4, -0.2) is 11.0 Å². The van der Waals surface area contributed by atoms with Crippen molar-refractivity contribution < 1.29 is 4.74 Å². The Morgan fingerprint density at radius 3 is 2.61 bits per heavy atom. The summed E-state index contributed by atoms with van der Waals surface area (Å²) in [6.07, 6.45) is 0.760. The third-order valence-corrected chi connectivity index (χ3v) is 3.14. The molecule has 0 aliphatic heterocycles. The molecule has 1 aromatic carbocycles. The minimum atomic E-state index is 0.573. The molecule has 1 heterocycles. The van der Waals surface area contributed by atoms with E-state index < -0.39 is 0 Å². The Hall–Kier alpha value is -1.87. The SMILES string of the molecule is C=C(OCCC(=C)c1ccsn1)c1ccccc1. The van der Waals surface area contributed by atoms with Crippen LogP contribution in [0, 0.1) is 0 Å². The molecule has 0 bridgehead atoms. The molecule has 0 atom stereocenters. The zero-order valence-electron chi connectivity index (χ0n) is 10.1. The summed E-state index contributed by atoms with van der Waals surface area (Å²) in [6.45, 7) is 8.49. The van der Waals surface area contributed by atoms with Crippen molar-refractivity contribution in [2.45, 2.75) is 6.42 Å². The van der Waals surface area contributed by atoms with Crippen molar-refractivity contribution in [2.24, 2.45) is 0 Å². The molecule has 1 aromatic heterocycles. The van der Waals surface area contributed by atoms with E-state index >= 15 is 0 Å². The van der Waals surface area contributed by atoms with E-state index in [1.807, 2.05) is 41.8 Å². The summed E-state index contributed by atoms with van der Waals surface area (Å²) in [5, 5.41) is 1.95. The molecule has 2 aromatic rings. The first-order chi connectivity index (χ1) is 8.77. The molecule has 0 radical (unpaired) electrons. The smallest absolute Gasteiger partial charge is 0.119 e. The van der Waals surface area contributed by atoms with Crippen molar-refractivity contribution >= 4 is 22.9 Å². The summed E-state index contributed by atoms with van der Waals surface area (Å²) in [6, 6.07) is 11.9. The van der Waals surface area contributed by atoms with Crippen molar-refractivity contribution in [2.75, 3.05) is 6.61 Å². The fourth-order valence-corrected chi connectivity index (χ4v) is 2.08. The van der Waals surface area contributed by atoms with Gasteiger partial charge in [-0.25, -0.2) is 0 Å². The predicted molar refractivity (Wildman–Crippen MR) is 77.2 cm³/mol. The highest BCUT2D eigenvalue weighted by molar-refractivity contribution is 7.03. The molecule has 0 N–H and O–H groups in total. The van der Waals surface area contributed by atoms with Gasteiger partial charge in [-0.1, -0.05) is 43.5 Å². The zero-order chi connectivity index (χ0) is 12.8. The first-order valence-corrected chi connectivity index (χ1v) is 6.56. The maximum atomic E-state index is 5.62. The van der Waals surface area contributed by atoms with Crippen LogP contribution in [0.2, 0.25) is 0 Å². The zero-order valence-corrected chi connectivity index (χ0v) is 11.0. The van der Waals surface area contributed by atoms with Gasteiger partial charge in [0, 0.05) is 17.4 Å². The van der Waals surface area contributed by atoms with E-state index in [4.69, 9.17) is 4.74 Å². The summed E-state index contributed by atoms with van der Waals surface area (Å²) in [5.74, 6) is 0.696. The Morgan fingerprint density at radius 1 is 1.17 bits per heavy atom. The lowest BCUT2D eigenvalue weighted by Crippen LogP contribution is -1.95. The molecular weight excluding hydrogens is 242 g/mol. The topological polar surface area (TPSA) is 22.1 Å². The second-order valence-corrected chi connectivity index (χ2v) is 4.54. The summed E-state index contributed by atoms with van der Waals surface area (Å²) in [5.41, 5.74) is 2.96. The van der Waals surface area contributed by atoms with Crippen molar-refractivity contribution in [1.29, 1.82) is 0 Å². The number of benzene rings is 1. The van der Waals surface area contributed by atoms with Gasteiger partial charge in [-0.2, -0.15) is 4.37 Å². The highest BCUT2D eigenvalue weighted by Gasteiger charge is 2.03. The summed E-state index contributed by atoms with van der Waals surface area (Å²) in [4.78, 5) is 0. The van der Waals surface area contributed by atoms with Gasteiger partial charge in [-0.3, -0.25) is 0 Å². The first kappa shape index (κ1) is 12.6. The molecule has 0 fully saturated rings. The number of aromatic nitrogens is 1. The van der Waals surface area contributed by atoms with Gasteiger partial charge >= 0.3 is 0 Å². The van der Waals surface area contributed by atoms with Crippen LogP contribution >= 0.6 is 11.5 Å². The molecule has 0 saturated carbocycles. The van der Waals surface area contributed by atoms with Gasteiger partial charge in [0.15, 0.2) is 0 Å². The Morgan fingerprint density at radius 2 is 1.94 bits per heavy atom. The van der Waals surface area contributed by atoms with Crippen molar-refractivity contribution in [3.63, 3.8) is 0 Å². The number of rotatable bonds is 6. The number of nitrogens with zero attached hydrogens (tertiary/aromatic N) is 1. The maximum absolute atomic E-state index is 5.62. The molecule has 0 saturated heterocycles. The fraction of sp³-hybridized carbons (Fsp3) is 0.133. The number of hydrogen-bond acceptors (Lipinski definition) is 3. The lowest BCUT2D eigenvalue weighted by molar-refractivity contribution is 0.287. The Balaban J connectivity index is 1.79. The molecule has 0 unspecified atom stereocenters. The average Bonchev–Trinajstić information content (AvgIpc) is 2.93. The lowest BCUT2D eigenvalue weighted by Gasteiger charge is -2.09. The van der Waals surface area contributed by atoms with E-state index in [9.17, 15) is 0 Å². The monoisotopic (exact) mass is 257 g/mol. The largest absolute Gasteiger partial charge is 0.493 e. The molecule has 0 spiro atoms. The average molecular weight is 257 g/mol. The standard InChI is InChI=1S/C15H15NOS/c1-12(15-9-11-18-16-15)8-10-17-13(2)14-6-4-3-5-7-14/h3-7,9,11H,1-2,8,10H2. The molecule has 18 heavy (non-hydrogen) atoms. The first-order valence-electron chi connectivity index (χ1n) is 5.73. The van der Waals surface area contributed by atoms with E-state index in [1.165, 1.54) is 11.5 Å². The van der Waals surface area contributed by atoms with Crippen molar-refractivity contribution in [3.05, 3.63) is 66.2 Å². The van der Waals surface area contributed by atoms with Gasteiger partial charge in [0.2, 0.25) is 0 Å². The van der Waals surface area contributed by atoms with Gasteiger partial charge in [0.05, 0.1) is 12.3 Å². The van der Waals surface area contributed by atoms with E-state index in [-0.39, 0.29) is 0 Å². The van der Waals surface area contributed by atoms with Crippen LogP contribution in [0.4, 0.5) is 0 Å². The lowest BCUT2D eigenvalue weighted by atomic mass is 10.1. The highest BCUT2D eigenvalue weighted by atomic mass is 32.1. The van der Waals surface area contributed by atoms with Crippen LogP contribution in [0.1, 0.15) is 17.7 Å². The van der Waals surface area contributed by atoms with E-state index in [0.717, 1.165) is 23.3 Å². The minimum absolute atomic E-state index is 0.573. The molecule has 2 rings (SSSR count). The quantitative estimate of drug-likeness (QED) is 0.722. The Labute approximate surface area is 111 Å². The maximum Gasteiger partial charge on any atom is 0.119 e. The van der Waals surface area contributed by atoms with Crippen LogP contribution in [-0.2, 0) is 4.74 Å². The van der Waals surface area contributed by atoms with E-state index in [1.54, 1.807) is 0 Å². The molecule has 0 amide bonds. The normalized spacial score (nSPS) is 10.0. The minimum Gasteiger partial charge on any atom is -0.493 e. The molecule has 92 valence electrons. The summed E-state index contributed by atoms with van der Waals surface area (Å²) >= 11 is 1.44. The van der Waals surface area contributed by atoms with E-state index in [0.29, 0.717) is 12.4 Å². The van der Waals surface area contributed by atoms with Crippen molar-refractivity contribution in [1.82, 2.24) is 4.37 Å². The second-order valence-electron chi connectivity index (χ2n) is 3.88. The Bertz CT molecular complexity index is 517. The molecule has 2 nitrogen and oxygen atoms in total. The molecule has 0 aliphatic carbocycles. The Kier molecular flexibility index (Phi) is 4.31. The third-order valence-electron chi connectivity index (χ3n) is 2.58. The van der Waals surface area contributed by atoms with Gasteiger partial charge in [0.25, 0.3) is 0 Å². The van der Waals surface area contributed by atoms with Gasteiger partial charge in [0.1, 0.15) is 5.76 Å². The second kappa shape index (κ2) is 6.17. The van der Waals surface area contributed by atoms with Crippen molar-refractivity contribution in [3.8, 4) is 0 Å². The number of hydrogen-bond donors (Lipinski definition) is 0. The van der Waals surface area contributed by atoms with Crippen LogP contribution in [0.25, 0.3) is 11.3 Å². The third kappa shape index (κ3) is 3.31. The molecule has 3 heteroatoms. The van der Waals surface area contributed by atoms with Crippen LogP contribution in [0.3, 0.4) is 0 Å². The van der Waals surface area contributed by atoms with E-state index in [2.05, 4.69) is 17.5 Å².